The normalized spacial score (nSPS) is 28.8. The van der Waals surface area contributed by atoms with Gasteiger partial charge >= 0.3 is 0 Å². The lowest BCUT2D eigenvalue weighted by molar-refractivity contribution is -0.191. The van der Waals surface area contributed by atoms with Crippen LogP contribution in [-0.4, -0.2) is 27.8 Å². The number of rotatable bonds is 1. The molecule has 1 heterocycles. The lowest BCUT2D eigenvalue weighted by Gasteiger charge is -2.31. The minimum absolute atomic E-state index is 0.529. The Morgan fingerprint density at radius 1 is 1.38 bits per heavy atom. The first-order valence-corrected chi connectivity index (χ1v) is 4.25. The van der Waals surface area contributed by atoms with E-state index in [-0.39, 0.29) is 0 Å². The highest BCUT2D eigenvalue weighted by Crippen LogP contribution is 2.34. The molecule has 0 radical (unpaired) electrons. The molecule has 0 unspecified atom stereocenters. The van der Waals surface area contributed by atoms with Crippen LogP contribution in [0.4, 0.5) is 0 Å². The van der Waals surface area contributed by atoms with Crippen molar-refractivity contribution in [3.63, 3.8) is 0 Å². The fourth-order valence-corrected chi connectivity index (χ4v) is 1.66. The van der Waals surface area contributed by atoms with Gasteiger partial charge in [-0.15, -0.1) is 0 Å². The zero-order valence-electron chi connectivity index (χ0n) is 8.46. The molecular weight excluding hydrogens is 168 g/mol. The third-order valence-corrected chi connectivity index (χ3v) is 2.39. The molecule has 4 heteroatoms. The van der Waals surface area contributed by atoms with Gasteiger partial charge in [-0.1, -0.05) is 0 Å². The van der Waals surface area contributed by atoms with Crippen LogP contribution in [0.1, 0.15) is 27.7 Å². The van der Waals surface area contributed by atoms with Crippen LogP contribution in [0, 0.1) is 0 Å². The Balaban J connectivity index is 3.07. The van der Waals surface area contributed by atoms with E-state index in [0.29, 0.717) is 0 Å². The number of allylic oxidation sites excluding steroid dienone is 1. The molecule has 0 bridgehead atoms. The molecule has 1 saturated heterocycles. The highest BCUT2D eigenvalue weighted by molar-refractivity contribution is 5.67. The number of nitrogens with zero attached hydrogens (tertiary/aromatic N) is 1. The topological polar surface area (TPSA) is 52.6 Å². The maximum atomic E-state index is 10.3. The zero-order chi connectivity index (χ0) is 10.3. The second-order valence-corrected chi connectivity index (χ2v) is 4.27. The van der Waals surface area contributed by atoms with Gasteiger partial charge in [-0.25, -0.2) is 0 Å². The molecule has 0 saturated carbocycles. The fraction of sp³-hybridized carbons (Fsp3) is 0.667. The van der Waals surface area contributed by atoms with Crippen LogP contribution < -0.4 is 5.32 Å². The van der Waals surface area contributed by atoms with Crippen molar-refractivity contribution in [3.05, 3.63) is 11.8 Å². The number of nitrogens with one attached hydrogen (secondary N) is 1. The monoisotopic (exact) mass is 184 g/mol. The van der Waals surface area contributed by atoms with E-state index in [1.807, 2.05) is 27.7 Å². The first kappa shape index (κ1) is 10.2. The number of hydrogen-bond donors (Lipinski definition) is 2. The summed E-state index contributed by atoms with van der Waals surface area (Å²) in [5.41, 5.74) is -0.335. The van der Waals surface area contributed by atoms with Gasteiger partial charge in [0.05, 0.1) is 5.54 Å². The van der Waals surface area contributed by atoms with Crippen molar-refractivity contribution < 1.29 is 10.0 Å². The van der Waals surface area contributed by atoms with Gasteiger partial charge in [-0.3, -0.25) is 4.79 Å². The van der Waals surface area contributed by atoms with Crippen LogP contribution in [0.2, 0.25) is 0 Å². The van der Waals surface area contributed by atoms with E-state index >= 15 is 0 Å². The zero-order valence-corrected chi connectivity index (χ0v) is 8.46. The van der Waals surface area contributed by atoms with Gasteiger partial charge in [0.1, 0.15) is 11.9 Å². The Hall–Kier alpha value is -0.870. The van der Waals surface area contributed by atoms with Gasteiger partial charge in [0.15, 0.2) is 0 Å². The van der Waals surface area contributed by atoms with Crippen LogP contribution in [0.3, 0.4) is 0 Å². The first-order chi connectivity index (χ1) is 5.82. The lowest BCUT2D eigenvalue weighted by Crippen LogP contribution is -2.48. The Kier molecular flexibility index (Phi) is 2.21. The van der Waals surface area contributed by atoms with Gasteiger partial charge in [0, 0.05) is 5.70 Å². The molecule has 0 aromatic heterocycles. The third kappa shape index (κ3) is 1.47. The maximum Gasteiger partial charge on any atom is 0.144 e. The van der Waals surface area contributed by atoms with Crippen molar-refractivity contribution in [2.45, 2.75) is 38.9 Å². The molecule has 13 heavy (non-hydrogen) atoms. The van der Waals surface area contributed by atoms with Crippen LogP contribution >= 0.6 is 0 Å². The van der Waals surface area contributed by atoms with Gasteiger partial charge in [-0.2, -0.15) is 5.06 Å². The summed E-state index contributed by atoms with van der Waals surface area (Å²) in [7, 11) is 0. The summed E-state index contributed by atoms with van der Waals surface area (Å²) in [6, 6.07) is 0. The van der Waals surface area contributed by atoms with Crippen LogP contribution in [-0.2, 0) is 4.79 Å². The molecule has 1 aliphatic rings. The number of hydroxylamine groups is 2. The molecule has 2 N–H and O–H groups in total. The van der Waals surface area contributed by atoms with E-state index in [4.69, 9.17) is 0 Å². The van der Waals surface area contributed by atoms with E-state index in [2.05, 4.69) is 5.32 Å². The largest absolute Gasteiger partial charge is 0.367 e. The van der Waals surface area contributed by atoms with E-state index in [0.717, 1.165) is 12.0 Å². The van der Waals surface area contributed by atoms with Gasteiger partial charge < -0.3 is 10.5 Å². The molecular formula is C9H16N2O2. The molecule has 0 spiro atoms. The highest BCUT2D eigenvalue weighted by Gasteiger charge is 2.47. The second-order valence-electron chi connectivity index (χ2n) is 4.27. The molecule has 74 valence electrons. The summed E-state index contributed by atoms with van der Waals surface area (Å²) < 4.78 is 0. The average Bonchev–Trinajstić information content (AvgIpc) is 2.14. The van der Waals surface area contributed by atoms with Crippen molar-refractivity contribution >= 4 is 6.29 Å². The van der Waals surface area contributed by atoms with Crippen LogP contribution in [0.15, 0.2) is 11.8 Å². The molecule has 4 nitrogen and oxygen atoms in total. The standard InChI is InChI=1S/C9H16N2O2/c1-8(2)7(5-6-12)10-9(3,4)11(8)13/h5-6,10,13H,1-4H3/b7-5-. The van der Waals surface area contributed by atoms with E-state index in [1.54, 1.807) is 0 Å². The van der Waals surface area contributed by atoms with E-state index in [1.165, 1.54) is 11.1 Å². The Morgan fingerprint density at radius 2 is 1.92 bits per heavy atom. The van der Waals surface area contributed by atoms with Crippen molar-refractivity contribution in [3.8, 4) is 0 Å². The summed E-state index contributed by atoms with van der Waals surface area (Å²) >= 11 is 0. The van der Waals surface area contributed by atoms with E-state index < -0.39 is 11.2 Å². The lowest BCUT2D eigenvalue weighted by atomic mass is 10.0. The van der Waals surface area contributed by atoms with Crippen LogP contribution in [0.5, 0.6) is 0 Å². The molecule has 0 aromatic rings. The summed E-state index contributed by atoms with van der Waals surface area (Å²) in [6.07, 6.45) is 2.16. The van der Waals surface area contributed by atoms with Gasteiger partial charge in [0.2, 0.25) is 0 Å². The first-order valence-electron chi connectivity index (χ1n) is 4.25. The van der Waals surface area contributed by atoms with Crippen molar-refractivity contribution in [1.29, 1.82) is 0 Å². The molecule has 0 aliphatic carbocycles. The molecule has 1 rings (SSSR count). The molecule has 0 atom stereocenters. The van der Waals surface area contributed by atoms with Gasteiger partial charge in [-0.05, 0) is 33.8 Å². The second kappa shape index (κ2) is 2.82. The minimum Gasteiger partial charge on any atom is -0.367 e. The number of carbonyl (C=O) groups is 1. The Morgan fingerprint density at radius 3 is 2.23 bits per heavy atom. The summed E-state index contributed by atoms with van der Waals surface area (Å²) in [6.45, 7) is 7.40. The Bertz CT molecular complexity index is 256. The average molecular weight is 184 g/mol. The fourth-order valence-electron chi connectivity index (χ4n) is 1.66. The summed E-state index contributed by atoms with van der Waals surface area (Å²) in [4.78, 5) is 10.3. The SMILES string of the molecule is CC1(C)N/C(=C\C=O)C(C)(C)N1O. The smallest absolute Gasteiger partial charge is 0.144 e. The van der Waals surface area contributed by atoms with Crippen molar-refractivity contribution in [1.82, 2.24) is 10.4 Å². The number of hydrogen-bond acceptors (Lipinski definition) is 4. The molecule has 1 aliphatic heterocycles. The molecule has 0 aromatic carbocycles. The third-order valence-electron chi connectivity index (χ3n) is 2.39. The number of aldehydes is 1. The Labute approximate surface area is 78.2 Å². The highest BCUT2D eigenvalue weighted by atomic mass is 16.5. The van der Waals surface area contributed by atoms with E-state index in [9.17, 15) is 10.0 Å². The molecule has 0 amide bonds. The predicted molar refractivity (Wildman–Crippen MR) is 49.1 cm³/mol. The van der Waals surface area contributed by atoms with Crippen LogP contribution in [0.25, 0.3) is 0 Å². The van der Waals surface area contributed by atoms with Crippen molar-refractivity contribution in [2.24, 2.45) is 0 Å². The quantitative estimate of drug-likeness (QED) is 0.469. The number of carbonyl (C=O) groups excluding carboxylic acids is 1. The van der Waals surface area contributed by atoms with Gasteiger partial charge in [0.25, 0.3) is 0 Å². The summed E-state index contributed by atoms with van der Waals surface area (Å²) in [5.74, 6) is 0. The van der Waals surface area contributed by atoms with Crippen molar-refractivity contribution in [2.75, 3.05) is 0 Å². The summed E-state index contributed by atoms with van der Waals surface area (Å²) in [5, 5.41) is 14.1. The minimum atomic E-state index is -0.537. The molecule has 1 fully saturated rings. The predicted octanol–water partition coefficient (Wildman–Crippen LogP) is 0.878. The maximum absolute atomic E-state index is 10.3.